The molecule has 5 rings (SSSR count). The Labute approximate surface area is 230 Å². The molecule has 0 spiro atoms. The van der Waals surface area contributed by atoms with Gasteiger partial charge in [-0.05, 0) is 37.4 Å². The second kappa shape index (κ2) is 10.9. The number of sulfonamides is 1. The van der Waals surface area contributed by atoms with Gasteiger partial charge < -0.3 is 20.4 Å². The van der Waals surface area contributed by atoms with Crippen molar-refractivity contribution >= 4 is 39.0 Å². The van der Waals surface area contributed by atoms with Gasteiger partial charge in [-0.25, -0.2) is 17.2 Å². The van der Waals surface area contributed by atoms with E-state index < -0.39 is 32.5 Å². The molecule has 2 aliphatic heterocycles. The number of fused-ring (bicyclic) bond motifs is 1. The second-order valence-electron chi connectivity index (χ2n) is 9.88. The fourth-order valence-electron chi connectivity index (χ4n) is 4.86. The van der Waals surface area contributed by atoms with Crippen molar-refractivity contribution in [3.05, 3.63) is 64.9 Å². The van der Waals surface area contributed by atoms with Crippen LogP contribution >= 0.6 is 0 Å². The van der Waals surface area contributed by atoms with Crippen LogP contribution in [0, 0.1) is 11.6 Å². The summed E-state index contributed by atoms with van der Waals surface area (Å²) in [5.41, 5.74) is 2.50. The summed E-state index contributed by atoms with van der Waals surface area (Å²) in [6.07, 6.45) is 0.256. The number of carbonyl (C=O) groups is 2. The van der Waals surface area contributed by atoms with Crippen LogP contribution in [0.2, 0.25) is 0 Å². The molecule has 40 heavy (non-hydrogen) atoms. The summed E-state index contributed by atoms with van der Waals surface area (Å²) >= 11 is 0. The van der Waals surface area contributed by atoms with Crippen molar-refractivity contribution in [2.45, 2.75) is 24.8 Å². The molecule has 3 heterocycles. The minimum atomic E-state index is -4.22. The van der Waals surface area contributed by atoms with Gasteiger partial charge in [0.25, 0.3) is 5.91 Å². The van der Waals surface area contributed by atoms with E-state index in [1.165, 1.54) is 6.92 Å². The van der Waals surface area contributed by atoms with Crippen LogP contribution in [0.1, 0.15) is 28.5 Å². The first-order chi connectivity index (χ1) is 19.0. The van der Waals surface area contributed by atoms with Gasteiger partial charge in [-0.1, -0.05) is 0 Å². The predicted molar refractivity (Wildman–Crippen MR) is 145 cm³/mol. The van der Waals surface area contributed by atoms with E-state index in [1.54, 1.807) is 12.1 Å². The number of rotatable bonds is 6. The molecular weight excluding hydrogens is 544 g/mol. The molecule has 2 amide bonds. The van der Waals surface area contributed by atoms with Crippen LogP contribution in [-0.2, 0) is 27.8 Å². The Morgan fingerprint density at radius 2 is 1.68 bits per heavy atom. The van der Waals surface area contributed by atoms with E-state index in [-0.39, 0.29) is 36.8 Å². The topological polar surface area (TPSA) is 131 Å². The van der Waals surface area contributed by atoms with E-state index in [4.69, 9.17) is 0 Å². The number of aromatic amines is 1. The van der Waals surface area contributed by atoms with Gasteiger partial charge in [0.1, 0.15) is 11.6 Å². The smallest absolute Gasteiger partial charge is 0.258 e. The number of hydrogen-bond acceptors (Lipinski definition) is 7. The summed E-state index contributed by atoms with van der Waals surface area (Å²) in [5.74, 6) is -2.75. The fraction of sp³-hybridized carbons (Fsp3) is 0.346. The number of nitrogens with zero attached hydrogens (tertiary/aromatic N) is 4. The maximum Gasteiger partial charge on any atom is 0.258 e. The molecule has 0 bridgehead atoms. The number of amides is 2. The van der Waals surface area contributed by atoms with Crippen LogP contribution in [-0.4, -0.2) is 79.4 Å². The number of piperazine rings is 1. The van der Waals surface area contributed by atoms with Gasteiger partial charge in [0.05, 0.1) is 16.1 Å². The highest BCUT2D eigenvalue weighted by molar-refractivity contribution is 7.89. The van der Waals surface area contributed by atoms with Gasteiger partial charge in [-0.2, -0.15) is 9.40 Å². The van der Waals surface area contributed by atoms with Crippen LogP contribution in [0.4, 0.5) is 26.0 Å². The number of hydrogen-bond donors (Lipinski definition) is 3. The van der Waals surface area contributed by atoms with Gasteiger partial charge in [-0.15, -0.1) is 0 Å². The zero-order valence-electron chi connectivity index (χ0n) is 22.0. The van der Waals surface area contributed by atoms with Crippen molar-refractivity contribution in [1.29, 1.82) is 0 Å². The Balaban J connectivity index is 1.38. The fourth-order valence-corrected chi connectivity index (χ4v) is 6.32. The zero-order valence-corrected chi connectivity index (χ0v) is 22.8. The third-order valence-electron chi connectivity index (χ3n) is 7.03. The van der Waals surface area contributed by atoms with Gasteiger partial charge in [0.15, 0.2) is 5.82 Å². The highest BCUT2D eigenvalue weighted by atomic mass is 32.2. The minimum Gasteiger partial charge on any atom is -0.369 e. The molecule has 2 aromatic carbocycles. The normalized spacial score (nSPS) is 16.4. The molecule has 11 nitrogen and oxygen atoms in total. The van der Waals surface area contributed by atoms with Gasteiger partial charge in [0, 0.05) is 75.6 Å². The number of benzene rings is 2. The molecular formula is C26H29F2N7O4S. The van der Waals surface area contributed by atoms with Crippen molar-refractivity contribution in [3.63, 3.8) is 0 Å². The Bertz CT molecular complexity index is 1550. The lowest BCUT2D eigenvalue weighted by atomic mass is 10.1. The summed E-state index contributed by atoms with van der Waals surface area (Å²) in [6, 6.07) is 7.33. The molecule has 0 aliphatic carbocycles. The van der Waals surface area contributed by atoms with Crippen LogP contribution in [0.25, 0.3) is 0 Å². The van der Waals surface area contributed by atoms with Crippen molar-refractivity contribution in [2.75, 3.05) is 55.3 Å². The Morgan fingerprint density at radius 3 is 2.35 bits per heavy atom. The molecule has 3 N–H and O–H groups in total. The van der Waals surface area contributed by atoms with Crippen LogP contribution in [0.5, 0.6) is 0 Å². The lowest BCUT2D eigenvalue weighted by molar-refractivity contribution is -0.114. The zero-order chi connectivity index (χ0) is 28.6. The number of nitrogens with one attached hydrogen (secondary N) is 3. The van der Waals surface area contributed by atoms with Gasteiger partial charge in [-0.3, -0.25) is 14.7 Å². The second-order valence-corrected chi connectivity index (χ2v) is 11.8. The van der Waals surface area contributed by atoms with E-state index in [0.717, 1.165) is 48.3 Å². The van der Waals surface area contributed by atoms with Crippen LogP contribution in [0.3, 0.4) is 0 Å². The third-order valence-corrected chi connectivity index (χ3v) is 8.85. The Kier molecular flexibility index (Phi) is 7.57. The standard InChI is InChI=1S/C26H29F2N7O4S/c1-16(36)29-24-14-19(34-9-7-33(2)8-10-34)3-4-21(24)26(37)30-25-22-15-35(6-5-23(22)31-32-25)40(38,39)20-12-17(27)11-18(28)13-20/h3-4,11-14H,5-10,15H2,1-2H3,(H,29,36)(H2,30,31,32,37). The first-order valence-electron chi connectivity index (χ1n) is 12.7. The average Bonchev–Trinajstić information content (AvgIpc) is 3.30. The largest absolute Gasteiger partial charge is 0.369 e. The minimum absolute atomic E-state index is 0.0590. The maximum atomic E-state index is 13.7. The molecule has 2 aliphatic rings. The molecule has 0 radical (unpaired) electrons. The molecule has 1 aromatic heterocycles. The monoisotopic (exact) mass is 573 g/mol. The molecule has 212 valence electrons. The molecule has 0 saturated carbocycles. The molecule has 14 heteroatoms. The van der Waals surface area contributed by atoms with E-state index >= 15 is 0 Å². The number of aromatic nitrogens is 2. The summed E-state index contributed by atoms with van der Waals surface area (Å²) in [5, 5.41) is 12.4. The van der Waals surface area contributed by atoms with Gasteiger partial charge in [0.2, 0.25) is 15.9 Å². The lowest BCUT2D eigenvalue weighted by Crippen LogP contribution is -2.44. The van der Waals surface area contributed by atoms with Crippen molar-refractivity contribution in [2.24, 2.45) is 0 Å². The molecule has 1 fully saturated rings. The highest BCUT2D eigenvalue weighted by Crippen LogP contribution is 2.30. The van der Waals surface area contributed by atoms with E-state index in [2.05, 4.69) is 37.7 Å². The summed E-state index contributed by atoms with van der Waals surface area (Å²) in [4.78, 5) is 29.2. The lowest BCUT2D eigenvalue weighted by Gasteiger charge is -2.34. The third kappa shape index (κ3) is 5.69. The summed E-state index contributed by atoms with van der Waals surface area (Å²) in [6.45, 7) is 4.65. The number of likely N-dealkylation sites (N-methyl/N-ethyl adjacent to an activating group) is 1. The van der Waals surface area contributed by atoms with Crippen molar-refractivity contribution in [1.82, 2.24) is 19.4 Å². The SMILES string of the molecule is CC(=O)Nc1cc(N2CCN(C)CC2)ccc1C(=O)Nc1n[nH]c2c1CN(S(=O)(=O)c1cc(F)cc(F)c1)CC2. The van der Waals surface area contributed by atoms with E-state index in [0.29, 0.717) is 23.0 Å². The Hall–Kier alpha value is -3.88. The number of carbonyl (C=O) groups excluding carboxylic acids is 2. The molecule has 1 saturated heterocycles. The van der Waals surface area contributed by atoms with Crippen molar-refractivity contribution < 1.29 is 26.8 Å². The first-order valence-corrected chi connectivity index (χ1v) is 14.1. The number of H-pyrrole nitrogens is 1. The molecule has 3 aromatic rings. The molecule has 0 unspecified atom stereocenters. The van der Waals surface area contributed by atoms with Gasteiger partial charge >= 0.3 is 0 Å². The van der Waals surface area contributed by atoms with E-state index in [9.17, 15) is 26.8 Å². The van der Waals surface area contributed by atoms with E-state index in [1.807, 2.05) is 6.07 Å². The summed E-state index contributed by atoms with van der Waals surface area (Å²) < 4.78 is 54.8. The summed E-state index contributed by atoms with van der Waals surface area (Å²) in [7, 11) is -2.17. The quantitative estimate of drug-likeness (QED) is 0.413. The maximum absolute atomic E-state index is 13.7. The Morgan fingerprint density at radius 1 is 0.975 bits per heavy atom. The average molecular weight is 574 g/mol. The van der Waals surface area contributed by atoms with Crippen molar-refractivity contribution in [3.8, 4) is 0 Å². The number of halogens is 2. The number of anilines is 3. The van der Waals surface area contributed by atoms with Crippen LogP contribution < -0.4 is 15.5 Å². The first kappa shape index (κ1) is 27.7. The molecule has 0 atom stereocenters. The van der Waals surface area contributed by atoms with Crippen LogP contribution in [0.15, 0.2) is 41.3 Å². The predicted octanol–water partition coefficient (Wildman–Crippen LogP) is 2.40. The highest BCUT2D eigenvalue weighted by Gasteiger charge is 2.32.